The highest BCUT2D eigenvalue weighted by Crippen LogP contribution is 2.22. The molecule has 2 rings (SSSR count). The predicted octanol–water partition coefficient (Wildman–Crippen LogP) is 4.38. The van der Waals surface area contributed by atoms with E-state index in [-0.39, 0.29) is 17.3 Å². The Morgan fingerprint density at radius 1 is 0.929 bits per heavy atom. The Morgan fingerprint density at radius 2 is 1.61 bits per heavy atom. The van der Waals surface area contributed by atoms with Crippen LogP contribution in [0.1, 0.15) is 38.1 Å². The van der Waals surface area contributed by atoms with E-state index in [9.17, 15) is 18.8 Å². The van der Waals surface area contributed by atoms with Gasteiger partial charge < -0.3 is 15.4 Å². The van der Waals surface area contributed by atoms with Crippen LogP contribution in [0.3, 0.4) is 0 Å². The van der Waals surface area contributed by atoms with Gasteiger partial charge in [-0.1, -0.05) is 6.07 Å². The molecular weight excluding hydrogens is 365 g/mol. The number of benzene rings is 2. The number of hydrogen-bond acceptors (Lipinski definition) is 4. The standard InChI is InChI=1S/C20H22FN3O4/c1-12(25)22-14-7-5-6-13(10-14)18(26)23-15-8-9-16(21)17(11-15)24-19(27)28-20(2,3)4/h5-11H,1-4H3,(H,22,25)(H,23,26)(H,24,27). The van der Waals surface area contributed by atoms with Crippen molar-refractivity contribution < 1.29 is 23.5 Å². The minimum absolute atomic E-state index is 0.126. The second-order valence-corrected chi connectivity index (χ2v) is 7.04. The van der Waals surface area contributed by atoms with Crippen LogP contribution in [0, 0.1) is 5.82 Å². The molecule has 28 heavy (non-hydrogen) atoms. The molecule has 0 aromatic heterocycles. The maximum absolute atomic E-state index is 14.0. The fourth-order valence-corrected chi connectivity index (χ4v) is 2.26. The van der Waals surface area contributed by atoms with Gasteiger partial charge in [-0.2, -0.15) is 0 Å². The van der Waals surface area contributed by atoms with E-state index in [2.05, 4.69) is 16.0 Å². The van der Waals surface area contributed by atoms with Crippen molar-refractivity contribution in [3.8, 4) is 0 Å². The molecule has 0 saturated heterocycles. The predicted molar refractivity (Wildman–Crippen MR) is 105 cm³/mol. The fraction of sp³-hybridized carbons (Fsp3) is 0.250. The Hall–Kier alpha value is -3.42. The number of nitrogens with one attached hydrogen (secondary N) is 3. The van der Waals surface area contributed by atoms with Gasteiger partial charge in [-0.05, 0) is 57.2 Å². The molecule has 3 amide bonds. The number of anilines is 3. The van der Waals surface area contributed by atoms with Crippen molar-refractivity contribution in [3.63, 3.8) is 0 Å². The molecule has 0 atom stereocenters. The lowest BCUT2D eigenvalue weighted by atomic mass is 10.1. The van der Waals surface area contributed by atoms with Gasteiger partial charge in [0, 0.05) is 23.9 Å². The number of carbonyl (C=O) groups excluding carboxylic acids is 3. The third-order valence-electron chi connectivity index (χ3n) is 3.30. The van der Waals surface area contributed by atoms with Crippen LogP contribution in [0.25, 0.3) is 0 Å². The van der Waals surface area contributed by atoms with Gasteiger partial charge >= 0.3 is 6.09 Å². The summed E-state index contributed by atoms with van der Waals surface area (Å²) in [4.78, 5) is 35.4. The summed E-state index contributed by atoms with van der Waals surface area (Å²) in [6, 6.07) is 10.1. The average Bonchev–Trinajstić information content (AvgIpc) is 2.55. The smallest absolute Gasteiger partial charge is 0.412 e. The van der Waals surface area contributed by atoms with E-state index in [1.807, 2.05) is 0 Å². The topological polar surface area (TPSA) is 96.5 Å². The van der Waals surface area contributed by atoms with Crippen molar-refractivity contribution in [2.45, 2.75) is 33.3 Å². The Kier molecular flexibility index (Phi) is 6.35. The summed E-state index contributed by atoms with van der Waals surface area (Å²) in [6.45, 7) is 6.43. The number of amides is 3. The average molecular weight is 387 g/mol. The molecule has 0 saturated carbocycles. The molecule has 0 radical (unpaired) electrons. The quantitative estimate of drug-likeness (QED) is 0.725. The van der Waals surface area contributed by atoms with E-state index in [0.717, 1.165) is 6.07 Å². The molecule has 0 heterocycles. The molecule has 148 valence electrons. The second kappa shape index (κ2) is 8.51. The summed E-state index contributed by atoms with van der Waals surface area (Å²) < 4.78 is 19.1. The highest BCUT2D eigenvalue weighted by molar-refractivity contribution is 6.05. The van der Waals surface area contributed by atoms with Crippen LogP contribution < -0.4 is 16.0 Å². The third-order valence-corrected chi connectivity index (χ3v) is 3.30. The molecule has 2 aromatic carbocycles. The van der Waals surface area contributed by atoms with Gasteiger partial charge in [0.1, 0.15) is 11.4 Å². The molecule has 7 nitrogen and oxygen atoms in total. The van der Waals surface area contributed by atoms with Crippen LogP contribution in [-0.2, 0) is 9.53 Å². The highest BCUT2D eigenvalue weighted by atomic mass is 19.1. The minimum Gasteiger partial charge on any atom is -0.444 e. The maximum atomic E-state index is 14.0. The zero-order chi connectivity index (χ0) is 20.9. The summed E-state index contributed by atoms with van der Waals surface area (Å²) >= 11 is 0. The molecule has 0 spiro atoms. The Morgan fingerprint density at radius 3 is 2.25 bits per heavy atom. The van der Waals surface area contributed by atoms with E-state index >= 15 is 0 Å². The normalized spacial score (nSPS) is 10.8. The first kappa shape index (κ1) is 20.9. The summed E-state index contributed by atoms with van der Waals surface area (Å²) in [5, 5.41) is 7.52. The molecule has 0 fully saturated rings. The third kappa shape index (κ3) is 6.39. The molecule has 2 aromatic rings. The summed E-state index contributed by atoms with van der Waals surface area (Å²) in [6.07, 6.45) is -0.808. The first-order chi connectivity index (χ1) is 13.0. The molecular formula is C20H22FN3O4. The van der Waals surface area contributed by atoms with Crippen molar-refractivity contribution in [1.82, 2.24) is 0 Å². The van der Waals surface area contributed by atoms with Gasteiger partial charge in [0.2, 0.25) is 5.91 Å². The summed E-state index contributed by atoms with van der Waals surface area (Å²) in [7, 11) is 0. The lowest BCUT2D eigenvalue weighted by Crippen LogP contribution is -2.27. The van der Waals surface area contributed by atoms with Crippen LogP contribution >= 0.6 is 0 Å². The van der Waals surface area contributed by atoms with Crippen molar-refractivity contribution in [3.05, 3.63) is 53.8 Å². The van der Waals surface area contributed by atoms with Crippen LogP contribution in [0.15, 0.2) is 42.5 Å². The minimum atomic E-state index is -0.808. The van der Waals surface area contributed by atoms with E-state index in [0.29, 0.717) is 11.3 Å². The van der Waals surface area contributed by atoms with Gasteiger partial charge in [0.25, 0.3) is 5.91 Å². The maximum Gasteiger partial charge on any atom is 0.412 e. The van der Waals surface area contributed by atoms with E-state index in [1.54, 1.807) is 39.0 Å². The Labute approximate surface area is 162 Å². The lowest BCUT2D eigenvalue weighted by Gasteiger charge is -2.20. The van der Waals surface area contributed by atoms with Gasteiger partial charge in [-0.15, -0.1) is 0 Å². The van der Waals surface area contributed by atoms with Crippen LogP contribution in [0.5, 0.6) is 0 Å². The molecule has 0 aliphatic rings. The SMILES string of the molecule is CC(=O)Nc1cccc(C(=O)Nc2ccc(F)c(NC(=O)OC(C)(C)C)c2)c1. The highest BCUT2D eigenvalue weighted by Gasteiger charge is 2.18. The van der Waals surface area contributed by atoms with Crippen LogP contribution in [0.4, 0.5) is 26.2 Å². The number of halogens is 1. The number of hydrogen-bond donors (Lipinski definition) is 3. The number of rotatable bonds is 4. The van der Waals surface area contributed by atoms with Gasteiger partial charge in [-0.25, -0.2) is 9.18 Å². The first-order valence-corrected chi connectivity index (χ1v) is 8.52. The van der Waals surface area contributed by atoms with Gasteiger partial charge in [-0.3, -0.25) is 14.9 Å². The van der Waals surface area contributed by atoms with Crippen molar-refractivity contribution >= 4 is 35.0 Å². The number of ether oxygens (including phenoxy) is 1. The van der Waals surface area contributed by atoms with E-state index in [4.69, 9.17) is 4.74 Å². The molecule has 0 aliphatic heterocycles. The largest absolute Gasteiger partial charge is 0.444 e. The monoisotopic (exact) mass is 387 g/mol. The van der Waals surface area contributed by atoms with Crippen molar-refractivity contribution in [1.29, 1.82) is 0 Å². The zero-order valence-corrected chi connectivity index (χ0v) is 16.1. The van der Waals surface area contributed by atoms with Crippen LogP contribution in [0.2, 0.25) is 0 Å². The summed E-state index contributed by atoms with van der Waals surface area (Å²) in [5.74, 6) is -1.38. The van der Waals surface area contributed by atoms with E-state index < -0.39 is 23.4 Å². The van der Waals surface area contributed by atoms with Gasteiger partial charge in [0.05, 0.1) is 5.69 Å². The van der Waals surface area contributed by atoms with E-state index in [1.165, 1.54) is 25.1 Å². The second-order valence-electron chi connectivity index (χ2n) is 7.04. The fourth-order valence-electron chi connectivity index (χ4n) is 2.26. The lowest BCUT2D eigenvalue weighted by molar-refractivity contribution is -0.114. The van der Waals surface area contributed by atoms with Crippen molar-refractivity contribution in [2.75, 3.05) is 16.0 Å². The molecule has 0 unspecified atom stereocenters. The van der Waals surface area contributed by atoms with Crippen molar-refractivity contribution in [2.24, 2.45) is 0 Å². The summed E-state index contributed by atoms with van der Waals surface area (Å²) in [5.41, 5.74) is 0.205. The Bertz CT molecular complexity index is 907. The number of carbonyl (C=O) groups is 3. The van der Waals surface area contributed by atoms with Gasteiger partial charge in [0.15, 0.2) is 0 Å². The zero-order valence-electron chi connectivity index (χ0n) is 16.1. The van der Waals surface area contributed by atoms with Crippen LogP contribution in [-0.4, -0.2) is 23.5 Å². The first-order valence-electron chi connectivity index (χ1n) is 8.52. The Balaban J connectivity index is 2.13. The molecule has 3 N–H and O–H groups in total. The molecule has 0 bridgehead atoms. The molecule has 0 aliphatic carbocycles. The molecule has 8 heteroatoms.